The second kappa shape index (κ2) is 6.90. The van der Waals surface area contributed by atoms with Crippen LogP contribution in [0.3, 0.4) is 0 Å². The molecule has 0 spiro atoms. The predicted molar refractivity (Wildman–Crippen MR) is 88.5 cm³/mol. The molecule has 0 aromatic heterocycles. The fraction of sp³-hybridized carbons (Fsp3) is 0.133. The van der Waals surface area contributed by atoms with Crippen molar-refractivity contribution in [3.05, 3.63) is 62.5 Å². The molecule has 0 atom stereocenters. The highest BCUT2D eigenvalue weighted by Gasteiger charge is 2.05. The van der Waals surface area contributed by atoms with Crippen LogP contribution in [0, 0.1) is 0 Å². The van der Waals surface area contributed by atoms with Gasteiger partial charge in [0.05, 0.1) is 6.42 Å². The van der Waals surface area contributed by atoms with Crippen molar-refractivity contribution < 1.29 is 4.79 Å². The number of primary amides is 1. The number of carbonyl (C=O) groups is 1. The lowest BCUT2D eigenvalue weighted by molar-refractivity contribution is -0.117. The molecule has 3 N–H and O–H groups in total. The lowest BCUT2D eigenvalue weighted by Gasteiger charge is -2.11. The Bertz CT molecular complexity index is 629. The second-order valence-corrected chi connectivity index (χ2v) is 6.11. The van der Waals surface area contributed by atoms with Crippen LogP contribution in [-0.4, -0.2) is 5.91 Å². The van der Waals surface area contributed by atoms with Crippen LogP contribution in [0.4, 0.5) is 5.69 Å². The van der Waals surface area contributed by atoms with Crippen LogP contribution in [0.2, 0.25) is 0 Å². The van der Waals surface area contributed by atoms with E-state index in [0.717, 1.165) is 25.8 Å². The number of anilines is 1. The summed E-state index contributed by atoms with van der Waals surface area (Å²) in [5.41, 5.74) is 8.25. The largest absolute Gasteiger partial charge is 0.381 e. The van der Waals surface area contributed by atoms with Crippen molar-refractivity contribution in [3.8, 4) is 0 Å². The highest BCUT2D eigenvalue weighted by Crippen LogP contribution is 2.24. The van der Waals surface area contributed by atoms with Crippen LogP contribution < -0.4 is 11.1 Å². The molecule has 0 aliphatic rings. The topological polar surface area (TPSA) is 55.1 Å². The molecule has 0 aliphatic carbocycles. The predicted octanol–water partition coefficient (Wildman–Crippen LogP) is 3.85. The first-order chi connectivity index (χ1) is 9.56. The maximum Gasteiger partial charge on any atom is 0.221 e. The molecule has 0 saturated carbocycles. The molecule has 2 rings (SSSR count). The summed E-state index contributed by atoms with van der Waals surface area (Å²) in [6.07, 6.45) is 0.243. The fourth-order valence-electron chi connectivity index (χ4n) is 1.88. The van der Waals surface area contributed by atoms with Gasteiger partial charge < -0.3 is 11.1 Å². The van der Waals surface area contributed by atoms with E-state index in [1.807, 2.05) is 42.5 Å². The van der Waals surface area contributed by atoms with Crippen molar-refractivity contribution in [2.24, 2.45) is 5.73 Å². The maximum atomic E-state index is 11.1. The molecule has 0 unspecified atom stereocenters. The SMILES string of the molecule is NC(=O)Cc1ccccc1NCc1ccc(Br)c(Br)c1. The Balaban J connectivity index is 2.10. The van der Waals surface area contributed by atoms with Gasteiger partial charge in [0.1, 0.15) is 0 Å². The molecule has 3 nitrogen and oxygen atoms in total. The zero-order valence-corrected chi connectivity index (χ0v) is 13.9. The summed E-state index contributed by atoms with van der Waals surface area (Å²) in [5, 5.41) is 3.34. The number of carbonyl (C=O) groups excluding carboxylic acids is 1. The average Bonchev–Trinajstić information content (AvgIpc) is 2.41. The lowest BCUT2D eigenvalue weighted by atomic mass is 10.1. The average molecular weight is 398 g/mol. The molecule has 0 bridgehead atoms. The minimum absolute atomic E-state index is 0.243. The Morgan fingerprint density at radius 1 is 1.10 bits per heavy atom. The van der Waals surface area contributed by atoms with E-state index in [-0.39, 0.29) is 12.3 Å². The van der Waals surface area contributed by atoms with Gasteiger partial charge in [-0.2, -0.15) is 0 Å². The second-order valence-electron chi connectivity index (χ2n) is 4.40. The van der Waals surface area contributed by atoms with Gasteiger partial charge in [-0.1, -0.05) is 24.3 Å². The first kappa shape index (κ1) is 15.1. The van der Waals surface area contributed by atoms with Crippen LogP contribution in [-0.2, 0) is 17.8 Å². The van der Waals surface area contributed by atoms with Crippen LogP contribution >= 0.6 is 31.9 Å². The summed E-state index contributed by atoms with van der Waals surface area (Å²) >= 11 is 6.93. The summed E-state index contributed by atoms with van der Waals surface area (Å²) in [5.74, 6) is -0.328. The molecule has 0 radical (unpaired) electrons. The summed E-state index contributed by atoms with van der Waals surface area (Å²) in [4.78, 5) is 11.1. The molecule has 104 valence electrons. The van der Waals surface area contributed by atoms with E-state index < -0.39 is 0 Å². The number of amides is 1. The van der Waals surface area contributed by atoms with Gasteiger partial charge in [0.2, 0.25) is 5.91 Å². The highest BCUT2D eigenvalue weighted by atomic mass is 79.9. The zero-order valence-electron chi connectivity index (χ0n) is 10.7. The molecule has 2 aromatic carbocycles. The first-order valence-electron chi connectivity index (χ1n) is 6.10. The molecule has 2 aromatic rings. The number of nitrogens with one attached hydrogen (secondary N) is 1. The van der Waals surface area contributed by atoms with E-state index in [1.54, 1.807) is 0 Å². The quantitative estimate of drug-likeness (QED) is 0.804. The Morgan fingerprint density at radius 2 is 1.85 bits per heavy atom. The molecule has 0 heterocycles. The summed E-state index contributed by atoms with van der Waals surface area (Å²) in [7, 11) is 0. The monoisotopic (exact) mass is 396 g/mol. The number of para-hydroxylation sites is 1. The van der Waals surface area contributed by atoms with Gasteiger partial charge in [-0.25, -0.2) is 0 Å². The van der Waals surface area contributed by atoms with E-state index in [9.17, 15) is 4.79 Å². The normalized spacial score (nSPS) is 10.3. The van der Waals surface area contributed by atoms with Crippen LogP contribution in [0.1, 0.15) is 11.1 Å². The smallest absolute Gasteiger partial charge is 0.221 e. The van der Waals surface area contributed by atoms with Crippen molar-refractivity contribution in [2.75, 3.05) is 5.32 Å². The van der Waals surface area contributed by atoms with Crippen molar-refractivity contribution in [1.82, 2.24) is 0 Å². The van der Waals surface area contributed by atoms with Crippen LogP contribution in [0.15, 0.2) is 51.4 Å². The van der Waals surface area contributed by atoms with Crippen LogP contribution in [0.5, 0.6) is 0 Å². The summed E-state index contributed by atoms with van der Waals surface area (Å²) < 4.78 is 2.04. The number of benzene rings is 2. The van der Waals surface area contributed by atoms with E-state index in [2.05, 4.69) is 37.2 Å². The van der Waals surface area contributed by atoms with Gasteiger partial charge in [0.15, 0.2) is 0 Å². The molecule has 5 heteroatoms. The Morgan fingerprint density at radius 3 is 2.55 bits per heavy atom. The summed E-state index contributed by atoms with van der Waals surface area (Å²) in [6.45, 7) is 0.682. The Hall–Kier alpha value is -1.33. The van der Waals surface area contributed by atoms with Crippen molar-refractivity contribution >= 4 is 43.5 Å². The highest BCUT2D eigenvalue weighted by molar-refractivity contribution is 9.13. The number of hydrogen-bond acceptors (Lipinski definition) is 2. The lowest BCUT2D eigenvalue weighted by Crippen LogP contribution is -2.15. The van der Waals surface area contributed by atoms with Crippen LogP contribution in [0.25, 0.3) is 0 Å². The third kappa shape index (κ3) is 4.08. The Labute approximate surface area is 134 Å². The summed E-state index contributed by atoms with van der Waals surface area (Å²) in [6, 6.07) is 13.8. The number of rotatable bonds is 5. The minimum atomic E-state index is -0.328. The van der Waals surface area contributed by atoms with Gasteiger partial charge in [0, 0.05) is 21.2 Å². The van der Waals surface area contributed by atoms with Gasteiger partial charge in [-0.3, -0.25) is 4.79 Å². The molecule has 1 amide bonds. The van der Waals surface area contributed by atoms with Crippen molar-refractivity contribution in [1.29, 1.82) is 0 Å². The minimum Gasteiger partial charge on any atom is -0.381 e. The van der Waals surface area contributed by atoms with Gasteiger partial charge in [-0.15, -0.1) is 0 Å². The third-order valence-electron chi connectivity index (χ3n) is 2.85. The van der Waals surface area contributed by atoms with Gasteiger partial charge in [-0.05, 0) is 61.2 Å². The molecular weight excluding hydrogens is 384 g/mol. The van der Waals surface area contributed by atoms with Gasteiger partial charge in [0.25, 0.3) is 0 Å². The van der Waals surface area contributed by atoms with E-state index in [1.165, 1.54) is 0 Å². The van der Waals surface area contributed by atoms with Gasteiger partial charge >= 0.3 is 0 Å². The van der Waals surface area contributed by atoms with E-state index in [4.69, 9.17) is 5.73 Å². The first-order valence-corrected chi connectivity index (χ1v) is 7.69. The van der Waals surface area contributed by atoms with Crippen molar-refractivity contribution in [2.45, 2.75) is 13.0 Å². The van der Waals surface area contributed by atoms with E-state index >= 15 is 0 Å². The van der Waals surface area contributed by atoms with E-state index in [0.29, 0.717) is 6.54 Å². The molecule has 20 heavy (non-hydrogen) atoms. The zero-order chi connectivity index (χ0) is 14.5. The molecule has 0 fully saturated rings. The molecule has 0 saturated heterocycles. The number of hydrogen-bond donors (Lipinski definition) is 2. The van der Waals surface area contributed by atoms with Crippen molar-refractivity contribution in [3.63, 3.8) is 0 Å². The maximum absolute atomic E-state index is 11.1. The number of nitrogens with two attached hydrogens (primary N) is 1. The fourth-order valence-corrected chi connectivity index (χ4v) is 2.55. The third-order valence-corrected chi connectivity index (χ3v) is 4.73. The molecule has 0 aliphatic heterocycles. The molecular formula is C15H14Br2N2O. The Kier molecular flexibility index (Phi) is 5.20. The number of halogens is 2. The standard InChI is InChI=1S/C15H14Br2N2O/c16-12-6-5-10(7-13(12)17)9-19-14-4-2-1-3-11(14)8-15(18)20/h1-7,19H,8-9H2,(H2,18,20).